The summed E-state index contributed by atoms with van der Waals surface area (Å²) in [4.78, 5) is 2.58. The van der Waals surface area contributed by atoms with Gasteiger partial charge >= 0.3 is 0 Å². The first-order chi connectivity index (χ1) is 13.7. The molecule has 0 N–H and O–H groups in total. The highest BCUT2D eigenvalue weighted by atomic mass is 16.5. The van der Waals surface area contributed by atoms with Crippen molar-refractivity contribution >= 4 is 0 Å². The molecule has 28 heavy (non-hydrogen) atoms. The van der Waals surface area contributed by atoms with E-state index >= 15 is 0 Å². The Balaban J connectivity index is 1.65. The molecule has 1 aliphatic rings. The lowest BCUT2D eigenvalue weighted by Crippen LogP contribution is -2.45. The van der Waals surface area contributed by atoms with Crippen LogP contribution in [0, 0.1) is 5.92 Å². The highest BCUT2D eigenvalue weighted by Gasteiger charge is 2.44. The van der Waals surface area contributed by atoms with E-state index in [9.17, 15) is 0 Å². The average Bonchev–Trinajstić information content (AvgIpc) is 3.09. The van der Waals surface area contributed by atoms with Gasteiger partial charge in [-0.1, -0.05) is 92.7 Å². The smallest absolute Gasteiger partial charge is 0.123 e. The van der Waals surface area contributed by atoms with Crippen molar-refractivity contribution in [2.45, 2.75) is 32.4 Å². The fraction of sp³-hybridized carbons (Fsp3) is 0.308. The van der Waals surface area contributed by atoms with E-state index in [2.05, 4.69) is 104 Å². The highest BCUT2D eigenvalue weighted by Crippen LogP contribution is 2.44. The van der Waals surface area contributed by atoms with Crippen LogP contribution in [0.25, 0.3) is 0 Å². The van der Waals surface area contributed by atoms with Gasteiger partial charge in [0.1, 0.15) is 5.75 Å². The summed E-state index contributed by atoms with van der Waals surface area (Å²) in [6.45, 7) is 8.26. The van der Waals surface area contributed by atoms with Crippen molar-refractivity contribution < 1.29 is 4.74 Å². The van der Waals surface area contributed by atoms with Crippen LogP contribution in [-0.4, -0.2) is 18.1 Å². The Morgan fingerprint density at radius 3 is 1.89 bits per heavy atom. The molecule has 1 atom stereocenters. The lowest BCUT2D eigenvalue weighted by atomic mass is 9.72. The van der Waals surface area contributed by atoms with E-state index in [1.54, 1.807) is 0 Å². The third-order valence-corrected chi connectivity index (χ3v) is 6.02. The molecule has 0 radical (unpaired) electrons. The first kappa shape index (κ1) is 18.8. The molecule has 3 aromatic carbocycles. The maximum Gasteiger partial charge on any atom is 0.123 e. The Kier molecular flexibility index (Phi) is 5.50. The van der Waals surface area contributed by atoms with Crippen molar-refractivity contribution in [1.82, 2.24) is 4.90 Å². The van der Waals surface area contributed by atoms with Crippen LogP contribution in [0.2, 0.25) is 0 Å². The number of nitrogens with zero attached hydrogens (tertiary/aromatic N) is 1. The SMILES string of the molecule is CC(C)[C@]1(CN(Cc2ccccc2)Cc2ccccc2)COc2ccccc21. The Hall–Kier alpha value is -2.58. The number of hydrogen-bond acceptors (Lipinski definition) is 2. The molecule has 144 valence electrons. The van der Waals surface area contributed by atoms with Gasteiger partial charge in [0.05, 0.1) is 6.61 Å². The monoisotopic (exact) mass is 371 g/mol. The molecule has 4 rings (SSSR count). The predicted molar refractivity (Wildman–Crippen MR) is 115 cm³/mol. The second kappa shape index (κ2) is 8.20. The van der Waals surface area contributed by atoms with Crippen LogP contribution in [0.5, 0.6) is 5.75 Å². The topological polar surface area (TPSA) is 12.5 Å². The molecule has 2 heteroatoms. The Bertz CT molecular complexity index is 849. The van der Waals surface area contributed by atoms with Crippen molar-refractivity contribution in [3.8, 4) is 5.75 Å². The van der Waals surface area contributed by atoms with Crippen LogP contribution in [0.15, 0.2) is 84.9 Å². The third-order valence-electron chi connectivity index (χ3n) is 6.02. The summed E-state index contributed by atoms with van der Waals surface area (Å²) in [6, 6.07) is 30.1. The quantitative estimate of drug-likeness (QED) is 0.530. The average molecular weight is 372 g/mol. The number of benzene rings is 3. The largest absolute Gasteiger partial charge is 0.492 e. The zero-order valence-corrected chi connectivity index (χ0v) is 16.8. The molecule has 0 aromatic heterocycles. The van der Waals surface area contributed by atoms with Crippen molar-refractivity contribution in [3.05, 3.63) is 102 Å². The fourth-order valence-electron chi connectivity index (χ4n) is 4.33. The van der Waals surface area contributed by atoms with Crippen LogP contribution >= 0.6 is 0 Å². The van der Waals surface area contributed by atoms with Gasteiger partial charge < -0.3 is 4.74 Å². The zero-order chi connectivity index (χ0) is 19.4. The van der Waals surface area contributed by atoms with E-state index < -0.39 is 0 Å². The van der Waals surface area contributed by atoms with E-state index in [4.69, 9.17) is 4.74 Å². The molecule has 0 fully saturated rings. The molecule has 0 bridgehead atoms. The number of rotatable bonds is 7. The van der Waals surface area contributed by atoms with Crippen molar-refractivity contribution in [1.29, 1.82) is 0 Å². The molecular formula is C26H29NO. The highest BCUT2D eigenvalue weighted by molar-refractivity contribution is 5.44. The molecule has 0 saturated heterocycles. The van der Waals surface area contributed by atoms with E-state index in [1.807, 2.05) is 0 Å². The van der Waals surface area contributed by atoms with Crippen LogP contribution in [0.4, 0.5) is 0 Å². The first-order valence-corrected chi connectivity index (χ1v) is 10.2. The van der Waals surface area contributed by atoms with Crippen molar-refractivity contribution in [3.63, 3.8) is 0 Å². The van der Waals surface area contributed by atoms with Crippen molar-refractivity contribution in [2.24, 2.45) is 5.92 Å². The van der Waals surface area contributed by atoms with Crippen LogP contribution in [0.3, 0.4) is 0 Å². The van der Waals surface area contributed by atoms with E-state index in [-0.39, 0.29) is 5.41 Å². The summed E-state index contributed by atoms with van der Waals surface area (Å²) in [5.41, 5.74) is 4.07. The zero-order valence-electron chi connectivity index (χ0n) is 16.8. The number of hydrogen-bond donors (Lipinski definition) is 0. The molecule has 0 saturated carbocycles. The van der Waals surface area contributed by atoms with Gasteiger partial charge in [0.15, 0.2) is 0 Å². The van der Waals surface area contributed by atoms with Crippen molar-refractivity contribution in [2.75, 3.05) is 13.2 Å². The van der Waals surface area contributed by atoms with E-state index in [0.29, 0.717) is 5.92 Å². The molecule has 0 unspecified atom stereocenters. The fourth-order valence-corrected chi connectivity index (χ4v) is 4.33. The molecule has 0 spiro atoms. The van der Waals surface area contributed by atoms with Crippen LogP contribution in [-0.2, 0) is 18.5 Å². The summed E-state index contributed by atoms with van der Waals surface area (Å²) in [5.74, 6) is 1.54. The number of para-hydroxylation sites is 1. The van der Waals surface area contributed by atoms with Gasteiger partial charge in [-0.05, 0) is 23.1 Å². The summed E-state index contributed by atoms with van der Waals surface area (Å²) in [6.07, 6.45) is 0. The molecule has 2 nitrogen and oxygen atoms in total. The molecule has 0 amide bonds. The number of ether oxygens (including phenoxy) is 1. The van der Waals surface area contributed by atoms with E-state index in [1.165, 1.54) is 16.7 Å². The van der Waals surface area contributed by atoms with E-state index in [0.717, 1.165) is 32.0 Å². The van der Waals surface area contributed by atoms with Crippen LogP contribution in [0.1, 0.15) is 30.5 Å². The lowest BCUT2D eigenvalue weighted by molar-refractivity contribution is 0.128. The lowest BCUT2D eigenvalue weighted by Gasteiger charge is -2.38. The van der Waals surface area contributed by atoms with Gasteiger partial charge in [0.2, 0.25) is 0 Å². The Morgan fingerprint density at radius 2 is 1.32 bits per heavy atom. The third kappa shape index (κ3) is 3.83. The molecule has 3 aromatic rings. The minimum absolute atomic E-state index is 0.0140. The van der Waals surface area contributed by atoms with Gasteiger partial charge in [-0.3, -0.25) is 4.90 Å². The van der Waals surface area contributed by atoms with Gasteiger partial charge in [-0.2, -0.15) is 0 Å². The van der Waals surface area contributed by atoms with Gasteiger partial charge in [-0.15, -0.1) is 0 Å². The van der Waals surface area contributed by atoms with Gasteiger partial charge in [0.25, 0.3) is 0 Å². The minimum Gasteiger partial charge on any atom is -0.492 e. The minimum atomic E-state index is 0.0140. The van der Waals surface area contributed by atoms with Crippen LogP contribution < -0.4 is 4.74 Å². The maximum atomic E-state index is 6.15. The summed E-state index contributed by atoms with van der Waals surface area (Å²) in [5, 5.41) is 0. The summed E-state index contributed by atoms with van der Waals surface area (Å²) >= 11 is 0. The second-order valence-electron chi connectivity index (χ2n) is 8.21. The molecule has 1 heterocycles. The summed E-state index contributed by atoms with van der Waals surface area (Å²) in [7, 11) is 0. The molecule has 1 aliphatic heterocycles. The standard InChI is InChI=1S/C26H29NO/c1-21(2)26(20-28-25-16-10-9-15-24(25)26)19-27(17-22-11-5-3-6-12-22)18-23-13-7-4-8-14-23/h3-16,21H,17-20H2,1-2H3/t26-/m0/s1. The maximum absolute atomic E-state index is 6.15. The predicted octanol–water partition coefficient (Wildman–Crippen LogP) is 5.68. The van der Waals surface area contributed by atoms with Gasteiger partial charge in [0, 0.05) is 30.6 Å². The number of fused-ring (bicyclic) bond motifs is 1. The first-order valence-electron chi connectivity index (χ1n) is 10.2. The molecular weight excluding hydrogens is 342 g/mol. The second-order valence-corrected chi connectivity index (χ2v) is 8.21. The van der Waals surface area contributed by atoms with Gasteiger partial charge in [-0.25, -0.2) is 0 Å². The summed E-state index contributed by atoms with van der Waals surface area (Å²) < 4.78 is 6.15. The normalized spacial score (nSPS) is 18.3. The molecule has 0 aliphatic carbocycles. The Morgan fingerprint density at radius 1 is 0.786 bits per heavy atom. The Labute approximate surface area is 168 Å².